The Kier molecular flexibility index (Phi) is 6.21. The number of aromatic hydroxyl groups is 1. The summed E-state index contributed by atoms with van der Waals surface area (Å²) in [5.41, 5.74) is 2.61. The van der Waals surface area contributed by atoms with Gasteiger partial charge in [0.25, 0.3) is 5.91 Å². The van der Waals surface area contributed by atoms with Crippen molar-refractivity contribution in [3.8, 4) is 5.75 Å². The summed E-state index contributed by atoms with van der Waals surface area (Å²) >= 11 is 0. The van der Waals surface area contributed by atoms with Gasteiger partial charge in [-0.15, -0.1) is 0 Å². The van der Waals surface area contributed by atoms with Crippen molar-refractivity contribution in [3.63, 3.8) is 0 Å². The summed E-state index contributed by atoms with van der Waals surface area (Å²) < 4.78 is 6.35. The first-order valence-corrected chi connectivity index (χ1v) is 12.2. The quantitative estimate of drug-likeness (QED) is 0.359. The molecular weight excluding hydrogens is 504 g/mol. The molecule has 0 aliphatic heterocycles. The van der Waals surface area contributed by atoms with E-state index in [9.17, 15) is 34.8 Å². The van der Waals surface area contributed by atoms with Gasteiger partial charge in [0, 0.05) is 5.92 Å². The number of ether oxygens (including phenoxy) is 1. The fraction of sp³-hybridized carbons (Fsp3) is 0.276. The third-order valence-corrected chi connectivity index (χ3v) is 7.86. The highest BCUT2D eigenvalue weighted by Crippen LogP contribution is 2.56. The lowest BCUT2D eigenvalue weighted by Gasteiger charge is -2.54. The molecule has 39 heavy (non-hydrogen) atoms. The molecule has 5 rings (SSSR count). The molecule has 5 atom stereocenters. The Morgan fingerprint density at radius 1 is 1.08 bits per heavy atom. The number of hydrogen-bond acceptors (Lipinski definition) is 9. The molecule has 10 heteroatoms. The van der Waals surface area contributed by atoms with Crippen LogP contribution in [0.25, 0.3) is 11.3 Å². The van der Waals surface area contributed by atoms with E-state index in [0.29, 0.717) is 11.1 Å². The van der Waals surface area contributed by atoms with Crippen LogP contribution >= 0.6 is 0 Å². The first-order chi connectivity index (χ1) is 18.4. The molecule has 10 nitrogen and oxygen atoms in total. The number of amides is 1. The zero-order valence-corrected chi connectivity index (χ0v) is 21.3. The maximum absolute atomic E-state index is 14.1. The molecule has 0 spiro atoms. The number of aliphatic hydroxyl groups is 3. The zero-order chi connectivity index (χ0) is 28.4. The van der Waals surface area contributed by atoms with Gasteiger partial charge in [0.15, 0.2) is 11.4 Å². The minimum Gasteiger partial charge on any atom is -0.508 e. The second-order valence-corrected chi connectivity index (χ2v) is 10.2. The molecule has 3 aliphatic carbocycles. The Labute approximate surface area is 223 Å². The summed E-state index contributed by atoms with van der Waals surface area (Å²) in [4.78, 5) is 41.4. The van der Waals surface area contributed by atoms with Crippen LogP contribution in [-0.2, 0) is 25.7 Å². The van der Waals surface area contributed by atoms with E-state index < -0.39 is 64.1 Å². The monoisotopic (exact) mass is 532 g/mol. The van der Waals surface area contributed by atoms with Gasteiger partial charge >= 0.3 is 0 Å². The van der Waals surface area contributed by atoms with Crippen molar-refractivity contribution in [3.05, 3.63) is 88.7 Å². The number of ketones is 2. The Hall–Kier alpha value is -4.25. The van der Waals surface area contributed by atoms with Crippen LogP contribution < -0.4 is 5.73 Å². The molecule has 1 fully saturated rings. The van der Waals surface area contributed by atoms with Gasteiger partial charge in [0.05, 0.1) is 35.8 Å². The number of Topliss-reactive ketones (excluding diaryl/α,β-unsaturated/α-hetero) is 2. The summed E-state index contributed by atoms with van der Waals surface area (Å²) in [5.74, 6) is -8.01. The number of aliphatic hydroxyl groups excluding tert-OH is 2. The molecule has 0 radical (unpaired) electrons. The molecule has 2 aromatic rings. The molecule has 6 N–H and O–H groups in total. The highest BCUT2D eigenvalue weighted by molar-refractivity contribution is 6.25. The van der Waals surface area contributed by atoms with Gasteiger partial charge in [-0.3, -0.25) is 19.3 Å². The maximum Gasteiger partial charge on any atom is 0.255 e. The number of likely N-dealkylation sites (N-methyl/N-ethyl adjacent to an activating group) is 1. The van der Waals surface area contributed by atoms with Gasteiger partial charge in [-0.25, -0.2) is 0 Å². The summed E-state index contributed by atoms with van der Waals surface area (Å²) in [6.45, 7) is 4.13. The number of phenolic OH excluding ortho intramolecular Hbond substituents is 1. The van der Waals surface area contributed by atoms with Gasteiger partial charge in [0.2, 0.25) is 5.78 Å². The number of nitrogens with two attached hydrogens (primary N) is 1. The molecule has 1 saturated carbocycles. The number of nitrogens with zero attached hydrogens (tertiary/aromatic N) is 1. The minimum atomic E-state index is -2.86. The second kappa shape index (κ2) is 9.19. The van der Waals surface area contributed by atoms with E-state index in [1.807, 2.05) is 6.07 Å². The third kappa shape index (κ3) is 3.63. The molecule has 1 amide bonds. The Morgan fingerprint density at radius 2 is 1.74 bits per heavy atom. The van der Waals surface area contributed by atoms with Crippen molar-refractivity contribution in [2.24, 2.45) is 17.6 Å². The molecule has 202 valence electrons. The van der Waals surface area contributed by atoms with Crippen molar-refractivity contribution in [1.29, 1.82) is 0 Å². The molecular formula is C29H28N2O8. The molecule has 0 saturated heterocycles. The normalized spacial score (nSPS) is 28.4. The van der Waals surface area contributed by atoms with Gasteiger partial charge in [0.1, 0.15) is 22.8 Å². The highest BCUT2D eigenvalue weighted by atomic mass is 16.5. The first-order valence-electron chi connectivity index (χ1n) is 12.2. The van der Waals surface area contributed by atoms with E-state index in [-0.39, 0.29) is 23.5 Å². The smallest absolute Gasteiger partial charge is 0.255 e. The number of fused-ring (bicyclic) bond motifs is 3. The number of phenols is 1. The van der Waals surface area contributed by atoms with Crippen molar-refractivity contribution in [1.82, 2.24) is 4.90 Å². The van der Waals surface area contributed by atoms with E-state index >= 15 is 0 Å². The van der Waals surface area contributed by atoms with E-state index in [1.165, 1.54) is 25.1 Å². The molecule has 0 aromatic heterocycles. The molecule has 0 bridgehead atoms. The predicted molar refractivity (Wildman–Crippen MR) is 140 cm³/mol. The minimum absolute atomic E-state index is 0.0154. The number of primary amides is 1. The summed E-state index contributed by atoms with van der Waals surface area (Å²) in [6.07, 6.45) is -1.21. The summed E-state index contributed by atoms with van der Waals surface area (Å²) in [6, 6.07) is 12.2. The van der Waals surface area contributed by atoms with Crippen molar-refractivity contribution < 1.29 is 39.5 Å². The van der Waals surface area contributed by atoms with Crippen LogP contribution in [0.2, 0.25) is 0 Å². The Bertz CT molecular complexity index is 1490. The van der Waals surface area contributed by atoms with Crippen molar-refractivity contribution >= 4 is 28.8 Å². The van der Waals surface area contributed by atoms with Crippen LogP contribution in [0.15, 0.2) is 72.0 Å². The predicted octanol–water partition coefficient (Wildman–Crippen LogP) is 1.63. The van der Waals surface area contributed by atoms with Crippen LogP contribution in [0, 0.1) is 11.8 Å². The lowest BCUT2D eigenvalue weighted by Crippen LogP contribution is -2.70. The van der Waals surface area contributed by atoms with Crippen LogP contribution in [0.4, 0.5) is 0 Å². The van der Waals surface area contributed by atoms with Crippen LogP contribution in [0.3, 0.4) is 0 Å². The van der Waals surface area contributed by atoms with E-state index in [4.69, 9.17) is 10.5 Å². The molecule has 3 aliphatic rings. The number of carbonyl (C=O) groups is 3. The fourth-order valence-electron chi connectivity index (χ4n) is 6.15. The Balaban J connectivity index is 1.81. The average Bonchev–Trinajstić information content (AvgIpc) is 2.88. The Morgan fingerprint density at radius 3 is 2.36 bits per heavy atom. The second-order valence-electron chi connectivity index (χ2n) is 10.2. The fourth-order valence-corrected chi connectivity index (χ4v) is 6.15. The van der Waals surface area contributed by atoms with Crippen LogP contribution in [0.1, 0.15) is 16.7 Å². The maximum atomic E-state index is 14.1. The largest absolute Gasteiger partial charge is 0.508 e. The lowest BCUT2D eigenvalue weighted by molar-refractivity contribution is -0.173. The summed E-state index contributed by atoms with van der Waals surface area (Å²) in [7, 11) is 3.04. The van der Waals surface area contributed by atoms with E-state index in [2.05, 4.69) is 6.58 Å². The van der Waals surface area contributed by atoms with E-state index in [0.717, 1.165) is 5.56 Å². The van der Waals surface area contributed by atoms with Gasteiger partial charge in [-0.2, -0.15) is 0 Å². The van der Waals surface area contributed by atoms with Gasteiger partial charge in [-0.05, 0) is 36.9 Å². The zero-order valence-electron chi connectivity index (χ0n) is 21.3. The van der Waals surface area contributed by atoms with Gasteiger partial charge in [-0.1, -0.05) is 49.0 Å². The van der Waals surface area contributed by atoms with E-state index in [1.54, 1.807) is 36.4 Å². The molecule has 2 aromatic carbocycles. The van der Waals surface area contributed by atoms with Crippen molar-refractivity contribution in [2.45, 2.75) is 24.4 Å². The highest BCUT2D eigenvalue weighted by Gasteiger charge is 2.68. The number of benzene rings is 2. The standard InChI is InChI=1S/C29H28N2O8/c1-13-15-10-7-11-16(32)18(15)23(33)19-17(13)25(39-12-14-8-5-4-6-9-14)21-22(31(2)3)24(34)20(28(30)37)27(36)29(21,38)26(19)35/h4-11,17,21-22,25,32-33,36,38H,1,12H2,2-3H3,(H2,30,37)/t17-,21-,22+,25+,29+/m0/s1. The first kappa shape index (κ1) is 26.4. The van der Waals surface area contributed by atoms with Crippen molar-refractivity contribution in [2.75, 3.05) is 14.1 Å². The molecule has 0 heterocycles. The topological polar surface area (TPSA) is 171 Å². The SMILES string of the molecule is C=C1c2cccc(O)c2C(O)=C2C(=O)[C@@]3(O)C(O)=C(C(N)=O)C(=O)[C@H](N(C)C)[C@H]3[C@H](OCc3ccccc3)[C@@H]12. The lowest BCUT2D eigenvalue weighted by atomic mass is 9.55. The third-order valence-electron chi connectivity index (χ3n) is 7.86. The van der Waals surface area contributed by atoms with Crippen LogP contribution in [-0.4, -0.2) is 74.6 Å². The number of carbonyl (C=O) groups excluding carboxylic acids is 3. The molecule has 0 unspecified atom stereocenters. The van der Waals surface area contributed by atoms with Gasteiger partial charge < -0.3 is 30.9 Å². The summed E-state index contributed by atoms with van der Waals surface area (Å²) in [5, 5.41) is 45.1. The van der Waals surface area contributed by atoms with Crippen LogP contribution in [0.5, 0.6) is 5.75 Å². The average molecular weight is 533 g/mol. The number of hydrogen-bond donors (Lipinski definition) is 5. The number of rotatable bonds is 5.